The fourth-order valence-corrected chi connectivity index (χ4v) is 6.42. The topological polar surface area (TPSA) is 75.4 Å². The van der Waals surface area contributed by atoms with Gasteiger partial charge in [-0.1, -0.05) is 91.0 Å². The number of piperazine rings is 1. The van der Waals surface area contributed by atoms with Crippen molar-refractivity contribution in [3.05, 3.63) is 149 Å². The van der Waals surface area contributed by atoms with E-state index in [4.69, 9.17) is 0 Å². The molecule has 8 nitrogen and oxygen atoms in total. The predicted octanol–water partition coefficient (Wildman–Crippen LogP) is 5.60. The van der Waals surface area contributed by atoms with Gasteiger partial charge in [-0.25, -0.2) is 14.0 Å². The quantitative estimate of drug-likeness (QED) is 0.222. The first kappa shape index (κ1) is 31.0. The summed E-state index contributed by atoms with van der Waals surface area (Å²) in [5.74, 6) is 0.00877. The number of hydrogen-bond donors (Lipinski definition) is 1. The van der Waals surface area contributed by atoms with E-state index in [0.29, 0.717) is 6.54 Å². The van der Waals surface area contributed by atoms with Crippen LogP contribution in [0.2, 0.25) is 0 Å². The molecule has 1 aliphatic heterocycles. The van der Waals surface area contributed by atoms with E-state index in [1.165, 1.54) is 4.68 Å². The molecule has 1 atom stereocenters. The van der Waals surface area contributed by atoms with Crippen LogP contribution in [0.3, 0.4) is 0 Å². The highest BCUT2D eigenvalue weighted by molar-refractivity contribution is 5.83. The molecule has 46 heavy (non-hydrogen) atoms. The zero-order chi connectivity index (χ0) is 32.1. The largest absolute Gasteiger partial charge is 0.369 e. The summed E-state index contributed by atoms with van der Waals surface area (Å²) in [4.78, 5) is 31.5. The van der Waals surface area contributed by atoms with Crippen LogP contribution >= 0.6 is 0 Å². The van der Waals surface area contributed by atoms with Crippen molar-refractivity contribution in [1.29, 1.82) is 0 Å². The Balaban J connectivity index is 1.17. The Labute approximate surface area is 270 Å². The fraction of sp³-hybridized carbons (Fsp3) is 0.289. The van der Waals surface area contributed by atoms with Gasteiger partial charge in [-0.15, -0.1) is 0 Å². The molecule has 1 saturated heterocycles. The second-order valence-corrected chi connectivity index (χ2v) is 12.5. The minimum absolute atomic E-state index is 0.00311. The molecule has 1 aromatic heterocycles. The summed E-state index contributed by atoms with van der Waals surface area (Å²) in [5, 5.41) is 7.61. The van der Waals surface area contributed by atoms with E-state index in [9.17, 15) is 9.59 Å². The summed E-state index contributed by atoms with van der Waals surface area (Å²) in [6.45, 7) is 9.62. The number of nitrogens with one attached hydrogen (secondary N) is 1. The molecule has 6 rings (SSSR count). The van der Waals surface area contributed by atoms with Crippen LogP contribution in [-0.2, 0) is 10.2 Å². The summed E-state index contributed by atoms with van der Waals surface area (Å²) < 4.78 is 3.06. The SMILES string of the molecule is CC(C)n1ncn(-c2ccc(N3CCN(C(C(=O)NCC(C)(c4ccccc4)c4ccccc4)c4ccccc4)CC3)cc2)c1=O. The van der Waals surface area contributed by atoms with Crippen LogP contribution in [0.15, 0.2) is 126 Å². The molecule has 0 spiro atoms. The summed E-state index contributed by atoms with van der Waals surface area (Å²) in [7, 11) is 0. The molecule has 1 N–H and O–H groups in total. The first-order chi connectivity index (χ1) is 22.3. The van der Waals surface area contributed by atoms with Crippen molar-refractivity contribution >= 4 is 11.6 Å². The Hall–Kier alpha value is -4.95. The Morgan fingerprint density at radius 1 is 0.761 bits per heavy atom. The van der Waals surface area contributed by atoms with Crippen LogP contribution in [0.5, 0.6) is 0 Å². The number of carbonyl (C=O) groups excluding carboxylic acids is 1. The predicted molar refractivity (Wildman–Crippen MR) is 184 cm³/mol. The smallest absolute Gasteiger partial charge is 0.350 e. The lowest BCUT2D eigenvalue weighted by molar-refractivity contribution is -0.127. The van der Waals surface area contributed by atoms with Gasteiger partial charge in [0.05, 0.1) is 11.7 Å². The van der Waals surface area contributed by atoms with Crippen molar-refractivity contribution in [2.75, 3.05) is 37.6 Å². The average Bonchev–Trinajstić information content (AvgIpc) is 3.50. The number of carbonyl (C=O) groups is 1. The van der Waals surface area contributed by atoms with Crippen molar-refractivity contribution in [1.82, 2.24) is 24.6 Å². The number of rotatable bonds is 10. The normalized spacial score (nSPS) is 14.7. The Bertz CT molecular complexity index is 1730. The standard InChI is InChI=1S/C38H42N6O2/c1-29(2)44-37(46)43(28-40-44)34-21-19-33(20-22-34)41-23-25-42(26-24-41)35(30-13-7-4-8-14-30)36(45)39-27-38(3,31-15-9-5-10-16-31)32-17-11-6-12-18-32/h4-22,28-29,35H,23-27H2,1-3H3,(H,39,45). The monoisotopic (exact) mass is 614 g/mol. The molecule has 0 bridgehead atoms. The molecule has 2 heterocycles. The van der Waals surface area contributed by atoms with Crippen LogP contribution in [0, 0.1) is 0 Å². The van der Waals surface area contributed by atoms with Crippen LogP contribution in [0.1, 0.15) is 49.5 Å². The van der Waals surface area contributed by atoms with Crippen molar-refractivity contribution in [2.24, 2.45) is 0 Å². The maximum atomic E-state index is 14.1. The van der Waals surface area contributed by atoms with Crippen molar-refractivity contribution in [2.45, 2.75) is 38.3 Å². The third kappa shape index (κ3) is 6.39. The summed E-state index contributed by atoms with van der Waals surface area (Å²) in [6, 6.07) is 38.5. The van der Waals surface area contributed by atoms with Gasteiger partial charge in [0.15, 0.2) is 0 Å². The molecule has 8 heteroatoms. The molecule has 0 saturated carbocycles. The van der Waals surface area contributed by atoms with Crippen molar-refractivity contribution in [3.63, 3.8) is 0 Å². The molecular formula is C38H42N6O2. The summed E-state index contributed by atoms with van der Waals surface area (Å²) in [5.41, 5.74) is 4.67. The van der Waals surface area contributed by atoms with E-state index >= 15 is 0 Å². The van der Waals surface area contributed by atoms with Gasteiger partial charge in [-0.05, 0) is 61.7 Å². The van der Waals surface area contributed by atoms with Crippen LogP contribution < -0.4 is 15.9 Å². The second-order valence-electron chi connectivity index (χ2n) is 12.5. The van der Waals surface area contributed by atoms with Gasteiger partial charge < -0.3 is 10.2 Å². The molecule has 1 aliphatic rings. The van der Waals surface area contributed by atoms with E-state index in [1.54, 1.807) is 10.9 Å². The number of anilines is 1. The molecule has 4 aromatic carbocycles. The first-order valence-electron chi connectivity index (χ1n) is 16.0. The van der Waals surface area contributed by atoms with Crippen LogP contribution in [0.4, 0.5) is 5.69 Å². The lowest BCUT2D eigenvalue weighted by atomic mass is 9.76. The molecular weight excluding hydrogens is 572 g/mol. The number of amides is 1. The maximum absolute atomic E-state index is 14.1. The van der Waals surface area contributed by atoms with E-state index < -0.39 is 6.04 Å². The van der Waals surface area contributed by atoms with Gasteiger partial charge in [0.1, 0.15) is 12.4 Å². The van der Waals surface area contributed by atoms with Gasteiger partial charge in [0.25, 0.3) is 0 Å². The van der Waals surface area contributed by atoms with E-state index in [2.05, 4.69) is 87.8 Å². The van der Waals surface area contributed by atoms with Crippen molar-refractivity contribution in [3.8, 4) is 5.69 Å². The average molecular weight is 615 g/mol. The zero-order valence-corrected chi connectivity index (χ0v) is 26.8. The number of aromatic nitrogens is 3. The number of benzene rings is 4. The molecule has 1 unspecified atom stereocenters. The van der Waals surface area contributed by atoms with E-state index in [-0.39, 0.29) is 23.1 Å². The maximum Gasteiger partial charge on any atom is 0.350 e. The molecule has 1 amide bonds. The van der Waals surface area contributed by atoms with Gasteiger partial charge in [-0.2, -0.15) is 5.10 Å². The van der Waals surface area contributed by atoms with E-state index in [1.807, 2.05) is 68.4 Å². The minimum Gasteiger partial charge on any atom is -0.369 e. The third-order valence-electron chi connectivity index (χ3n) is 9.16. The van der Waals surface area contributed by atoms with Crippen molar-refractivity contribution < 1.29 is 4.79 Å². The van der Waals surface area contributed by atoms with Crippen LogP contribution in [0.25, 0.3) is 5.69 Å². The molecule has 0 aliphatic carbocycles. The van der Waals surface area contributed by atoms with Gasteiger partial charge >= 0.3 is 5.69 Å². The fourth-order valence-electron chi connectivity index (χ4n) is 6.42. The Morgan fingerprint density at radius 3 is 1.80 bits per heavy atom. The Morgan fingerprint density at radius 2 is 1.28 bits per heavy atom. The highest BCUT2D eigenvalue weighted by Gasteiger charge is 2.34. The highest BCUT2D eigenvalue weighted by Crippen LogP contribution is 2.32. The third-order valence-corrected chi connectivity index (χ3v) is 9.16. The molecule has 5 aromatic rings. The van der Waals surface area contributed by atoms with Gasteiger partial charge in [0, 0.05) is 43.8 Å². The zero-order valence-electron chi connectivity index (χ0n) is 26.8. The number of nitrogens with zero attached hydrogens (tertiary/aromatic N) is 5. The molecule has 0 radical (unpaired) electrons. The summed E-state index contributed by atoms with van der Waals surface area (Å²) >= 11 is 0. The van der Waals surface area contributed by atoms with Gasteiger partial charge in [-0.3, -0.25) is 9.69 Å². The van der Waals surface area contributed by atoms with Crippen LogP contribution in [-0.4, -0.2) is 57.9 Å². The molecule has 1 fully saturated rings. The lowest BCUT2D eigenvalue weighted by Gasteiger charge is -2.40. The van der Waals surface area contributed by atoms with Gasteiger partial charge in [0.2, 0.25) is 5.91 Å². The lowest BCUT2D eigenvalue weighted by Crippen LogP contribution is -2.52. The highest BCUT2D eigenvalue weighted by atomic mass is 16.2. The minimum atomic E-state index is -0.397. The molecule has 236 valence electrons. The van der Waals surface area contributed by atoms with E-state index in [0.717, 1.165) is 54.2 Å². The Kier molecular flexibility index (Phi) is 9.17. The number of hydrogen-bond acceptors (Lipinski definition) is 5. The summed E-state index contributed by atoms with van der Waals surface area (Å²) in [6.07, 6.45) is 1.58. The first-order valence-corrected chi connectivity index (χ1v) is 16.0. The second kappa shape index (κ2) is 13.6.